The Morgan fingerprint density at radius 2 is 2.16 bits per heavy atom. The maximum Gasteiger partial charge on any atom is 0.258 e. The Kier molecular flexibility index (Phi) is 6.35. The van der Waals surface area contributed by atoms with Crippen molar-refractivity contribution >= 4 is 27.7 Å². The lowest BCUT2D eigenvalue weighted by atomic mass is 10.3. The van der Waals surface area contributed by atoms with Crippen LogP contribution >= 0.6 is 15.9 Å². The van der Waals surface area contributed by atoms with E-state index in [9.17, 15) is 9.59 Å². The van der Waals surface area contributed by atoms with Crippen molar-refractivity contribution in [1.29, 1.82) is 0 Å². The molecule has 0 bridgehead atoms. The lowest BCUT2D eigenvalue weighted by Crippen LogP contribution is -2.46. The van der Waals surface area contributed by atoms with E-state index in [-0.39, 0.29) is 18.4 Å². The molecule has 0 spiro atoms. The first kappa shape index (κ1) is 15.5. The molecule has 104 valence electrons. The lowest BCUT2D eigenvalue weighted by Gasteiger charge is -2.13. The summed E-state index contributed by atoms with van der Waals surface area (Å²) in [5.41, 5.74) is 0. The number of ether oxygens (including phenoxy) is 1. The van der Waals surface area contributed by atoms with Gasteiger partial charge in [-0.1, -0.05) is 22.0 Å². The van der Waals surface area contributed by atoms with Crippen molar-refractivity contribution in [3.05, 3.63) is 28.7 Å². The van der Waals surface area contributed by atoms with Crippen LogP contribution in [0.4, 0.5) is 0 Å². The van der Waals surface area contributed by atoms with Crippen LogP contribution in [-0.4, -0.2) is 31.0 Å². The summed E-state index contributed by atoms with van der Waals surface area (Å²) in [7, 11) is 0. The molecule has 0 heterocycles. The second-order valence-corrected chi connectivity index (χ2v) is 4.85. The highest BCUT2D eigenvalue weighted by Gasteiger charge is 2.14. The summed E-state index contributed by atoms with van der Waals surface area (Å²) in [5, 5.41) is 5.19. The van der Waals surface area contributed by atoms with Crippen molar-refractivity contribution in [1.82, 2.24) is 10.6 Å². The third-order valence-electron chi connectivity index (χ3n) is 2.29. The monoisotopic (exact) mass is 328 g/mol. The molecule has 6 heteroatoms. The molecular formula is C13H17BrN2O3. The van der Waals surface area contributed by atoms with Gasteiger partial charge in [0, 0.05) is 11.0 Å². The number of benzene rings is 1. The third-order valence-corrected chi connectivity index (χ3v) is 2.78. The Hall–Kier alpha value is -1.56. The molecule has 0 aromatic heterocycles. The standard InChI is InChI=1S/C13H17BrN2O3/c1-3-15-13(18)9(2)16-12(17)8-19-11-6-4-5-10(14)7-11/h4-7,9H,3,8H2,1-2H3,(H,15,18)(H,16,17)/t9-/m1/s1. The van der Waals surface area contributed by atoms with Crippen LogP contribution in [0, 0.1) is 0 Å². The van der Waals surface area contributed by atoms with Crippen LogP contribution in [0.5, 0.6) is 5.75 Å². The van der Waals surface area contributed by atoms with E-state index in [4.69, 9.17) is 4.74 Å². The summed E-state index contributed by atoms with van der Waals surface area (Å²) in [6.07, 6.45) is 0. The predicted molar refractivity (Wildman–Crippen MR) is 75.9 cm³/mol. The third kappa shape index (κ3) is 5.74. The van der Waals surface area contributed by atoms with Gasteiger partial charge in [-0.05, 0) is 32.0 Å². The van der Waals surface area contributed by atoms with E-state index < -0.39 is 6.04 Å². The minimum Gasteiger partial charge on any atom is -0.484 e. The number of rotatable bonds is 6. The molecule has 0 radical (unpaired) electrons. The topological polar surface area (TPSA) is 67.4 Å². The number of carbonyl (C=O) groups is 2. The van der Waals surface area contributed by atoms with Crippen LogP contribution in [0.2, 0.25) is 0 Å². The van der Waals surface area contributed by atoms with Crippen molar-refractivity contribution < 1.29 is 14.3 Å². The summed E-state index contributed by atoms with van der Waals surface area (Å²) in [6, 6.07) is 6.63. The van der Waals surface area contributed by atoms with Crippen LogP contribution < -0.4 is 15.4 Å². The molecular weight excluding hydrogens is 312 g/mol. The average molecular weight is 329 g/mol. The first-order chi connectivity index (χ1) is 9.02. The molecule has 1 atom stereocenters. The molecule has 0 unspecified atom stereocenters. The van der Waals surface area contributed by atoms with E-state index in [2.05, 4.69) is 26.6 Å². The van der Waals surface area contributed by atoms with Gasteiger partial charge in [-0.3, -0.25) is 9.59 Å². The van der Waals surface area contributed by atoms with Crippen LogP contribution in [-0.2, 0) is 9.59 Å². The molecule has 19 heavy (non-hydrogen) atoms. The van der Waals surface area contributed by atoms with E-state index in [1.54, 1.807) is 19.1 Å². The summed E-state index contributed by atoms with van der Waals surface area (Å²) in [5.74, 6) is 0.0484. The van der Waals surface area contributed by atoms with Crippen molar-refractivity contribution in [3.63, 3.8) is 0 Å². The molecule has 5 nitrogen and oxygen atoms in total. The van der Waals surface area contributed by atoms with Crippen molar-refractivity contribution in [2.75, 3.05) is 13.2 Å². The Morgan fingerprint density at radius 3 is 2.79 bits per heavy atom. The molecule has 1 rings (SSSR count). The molecule has 0 saturated heterocycles. The van der Waals surface area contributed by atoms with Gasteiger partial charge in [-0.15, -0.1) is 0 Å². The van der Waals surface area contributed by atoms with Crippen LogP contribution in [0.25, 0.3) is 0 Å². The normalized spacial score (nSPS) is 11.5. The highest BCUT2D eigenvalue weighted by molar-refractivity contribution is 9.10. The molecule has 0 aliphatic carbocycles. The minimum absolute atomic E-state index is 0.125. The minimum atomic E-state index is -0.571. The van der Waals surface area contributed by atoms with Gasteiger partial charge >= 0.3 is 0 Å². The molecule has 0 aliphatic heterocycles. The van der Waals surface area contributed by atoms with E-state index in [0.29, 0.717) is 12.3 Å². The van der Waals surface area contributed by atoms with Crippen molar-refractivity contribution in [2.24, 2.45) is 0 Å². The zero-order valence-electron chi connectivity index (χ0n) is 10.9. The Bertz CT molecular complexity index is 451. The average Bonchev–Trinajstić information content (AvgIpc) is 2.36. The first-order valence-corrected chi connectivity index (χ1v) is 6.77. The molecule has 0 saturated carbocycles. The van der Waals surface area contributed by atoms with Crippen molar-refractivity contribution in [3.8, 4) is 5.75 Å². The van der Waals surface area contributed by atoms with E-state index in [1.807, 2.05) is 19.1 Å². The van der Waals surface area contributed by atoms with E-state index in [1.165, 1.54) is 0 Å². The first-order valence-electron chi connectivity index (χ1n) is 5.98. The van der Waals surface area contributed by atoms with Crippen LogP contribution in [0.15, 0.2) is 28.7 Å². The number of hydrogen-bond donors (Lipinski definition) is 2. The maximum absolute atomic E-state index is 11.6. The second-order valence-electron chi connectivity index (χ2n) is 3.93. The SMILES string of the molecule is CCNC(=O)[C@@H](C)NC(=O)COc1cccc(Br)c1. The van der Waals surface area contributed by atoms with Gasteiger partial charge in [-0.25, -0.2) is 0 Å². The molecule has 0 aliphatic rings. The van der Waals surface area contributed by atoms with Gasteiger partial charge in [0.05, 0.1) is 0 Å². The Morgan fingerprint density at radius 1 is 1.42 bits per heavy atom. The van der Waals surface area contributed by atoms with E-state index in [0.717, 1.165) is 4.47 Å². The van der Waals surface area contributed by atoms with Crippen molar-refractivity contribution in [2.45, 2.75) is 19.9 Å². The van der Waals surface area contributed by atoms with Gasteiger partial charge in [0.1, 0.15) is 11.8 Å². The smallest absolute Gasteiger partial charge is 0.258 e. The second kappa shape index (κ2) is 7.78. The lowest BCUT2D eigenvalue weighted by molar-refractivity contribution is -0.129. The maximum atomic E-state index is 11.6. The summed E-state index contributed by atoms with van der Waals surface area (Å²) in [4.78, 5) is 23.0. The number of likely N-dealkylation sites (N-methyl/N-ethyl adjacent to an activating group) is 1. The molecule has 1 aromatic rings. The number of carbonyl (C=O) groups excluding carboxylic acids is 2. The predicted octanol–water partition coefficient (Wildman–Crippen LogP) is 1.47. The van der Waals surface area contributed by atoms with Crippen LogP contribution in [0.3, 0.4) is 0 Å². The Labute approximate surface area is 120 Å². The van der Waals surface area contributed by atoms with Gasteiger partial charge in [0.25, 0.3) is 5.91 Å². The van der Waals surface area contributed by atoms with Gasteiger partial charge in [0.2, 0.25) is 5.91 Å². The molecule has 2 amide bonds. The molecule has 2 N–H and O–H groups in total. The van der Waals surface area contributed by atoms with Gasteiger partial charge in [0.15, 0.2) is 6.61 Å². The van der Waals surface area contributed by atoms with Gasteiger partial charge in [-0.2, -0.15) is 0 Å². The fourth-order valence-corrected chi connectivity index (χ4v) is 1.76. The fraction of sp³-hybridized carbons (Fsp3) is 0.385. The largest absolute Gasteiger partial charge is 0.484 e. The summed E-state index contributed by atoms with van der Waals surface area (Å²) < 4.78 is 6.19. The number of hydrogen-bond acceptors (Lipinski definition) is 3. The number of amides is 2. The zero-order valence-corrected chi connectivity index (χ0v) is 12.5. The van der Waals surface area contributed by atoms with E-state index >= 15 is 0 Å². The zero-order chi connectivity index (χ0) is 14.3. The highest BCUT2D eigenvalue weighted by atomic mass is 79.9. The number of halogens is 1. The quantitative estimate of drug-likeness (QED) is 0.831. The summed E-state index contributed by atoms with van der Waals surface area (Å²) in [6.45, 7) is 3.86. The molecule has 0 fully saturated rings. The fourth-order valence-electron chi connectivity index (χ4n) is 1.38. The number of nitrogens with one attached hydrogen (secondary N) is 2. The van der Waals surface area contributed by atoms with Gasteiger partial charge < -0.3 is 15.4 Å². The molecule has 1 aromatic carbocycles. The highest BCUT2D eigenvalue weighted by Crippen LogP contribution is 2.17. The Balaban J connectivity index is 2.37. The van der Waals surface area contributed by atoms with Crippen LogP contribution in [0.1, 0.15) is 13.8 Å². The summed E-state index contributed by atoms with van der Waals surface area (Å²) >= 11 is 3.31.